The number of nitrogens with one attached hydrogen (secondary N) is 1. The Labute approximate surface area is 183 Å². The van der Waals surface area contributed by atoms with E-state index in [1.807, 2.05) is 17.2 Å². The topological polar surface area (TPSA) is 120 Å². The highest BCUT2D eigenvalue weighted by Gasteiger charge is 2.49. The molecule has 3 aliphatic rings. The molecule has 31 heavy (non-hydrogen) atoms. The maximum absolute atomic E-state index is 12.7. The smallest absolute Gasteiger partial charge is 0.290 e. The Kier molecular flexibility index (Phi) is 7.66. The number of carbonyl (C=O) groups excluding carboxylic acids is 1. The lowest BCUT2D eigenvalue weighted by Crippen LogP contribution is -2.67. The second-order valence-corrected chi connectivity index (χ2v) is 10.6. The van der Waals surface area contributed by atoms with Gasteiger partial charge < -0.3 is 10.0 Å². The van der Waals surface area contributed by atoms with E-state index in [9.17, 15) is 13.2 Å². The van der Waals surface area contributed by atoms with Gasteiger partial charge in [0.05, 0.1) is 11.9 Å². The van der Waals surface area contributed by atoms with Crippen LogP contribution in [0.3, 0.4) is 0 Å². The van der Waals surface area contributed by atoms with Crippen LogP contribution < -0.4 is 4.72 Å². The number of nitrogens with zero attached hydrogens (tertiary/aromatic N) is 3. The predicted octanol–water partition coefficient (Wildman–Crippen LogP) is 0.841. The number of likely N-dealkylation sites (tertiary alicyclic amines) is 1. The lowest BCUT2D eigenvalue weighted by Gasteiger charge is -2.56. The number of hydrogen-bond donors (Lipinski definition) is 2. The quantitative estimate of drug-likeness (QED) is 0.635. The van der Waals surface area contributed by atoms with Crippen LogP contribution in [0.15, 0.2) is 18.3 Å². The minimum atomic E-state index is -3.29. The lowest BCUT2D eigenvalue weighted by atomic mass is 9.72. The Bertz CT molecular complexity index is 894. The molecule has 10 heteroatoms. The molecule has 3 fully saturated rings. The van der Waals surface area contributed by atoms with Crippen LogP contribution in [0.5, 0.6) is 0 Å². The molecular weight excluding hydrogens is 420 g/mol. The maximum Gasteiger partial charge on any atom is 0.290 e. The van der Waals surface area contributed by atoms with E-state index in [0.717, 1.165) is 44.6 Å². The molecule has 1 aromatic heterocycles. The van der Waals surface area contributed by atoms with Gasteiger partial charge in [0, 0.05) is 50.9 Å². The van der Waals surface area contributed by atoms with Crippen molar-refractivity contribution in [3.63, 3.8) is 0 Å². The van der Waals surface area contributed by atoms with Crippen LogP contribution in [0.4, 0.5) is 0 Å². The van der Waals surface area contributed by atoms with Crippen molar-refractivity contribution in [3.05, 3.63) is 29.6 Å². The number of amides is 1. The number of sulfonamides is 1. The Morgan fingerprint density at radius 1 is 1.32 bits per heavy atom. The molecule has 0 radical (unpaired) electrons. The summed E-state index contributed by atoms with van der Waals surface area (Å²) in [6.07, 6.45) is 6.64. The minimum Gasteiger partial charge on any atom is -0.483 e. The highest BCUT2D eigenvalue weighted by Crippen LogP contribution is 2.41. The first-order valence-electron chi connectivity index (χ1n) is 10.7. The first kappa shape index (κ1) is 23.6. The van der Waals surface area contributed by atoms with Gasteiger partial charge in [0.1, 0.15) is 0 Å². The third-order valence-electron chi connectivity index (χ3n) is 6.62. The first-order valence-corrected chi connectivity index (χ1v) is 12.6. The van der Waals surface area contributed by atoms with Crippen molar-refractivity contribution in [2.45, 2.75) is 51.2 Å². The molecular formula is C21H32N4O5S. The molecule has 4 rings (SSSR count). The fourth-order valence-corrected chi connectivity index (χ4v) is 5.87. The van der Waals surface area contributed by atoms with Crippen molar-refractivity contribution in [1.82, 2.24) is 19.5 Å². The Morgan fingerprint density at radius 2 is 2.03 bits per heavy atom. The molecule has 2 N–H and O–H groups in total. The summed E-state index contributed by atoms with van der Waals surface area (Å²) in [6.45, 7) is 4.82. The van der Waals surface area contributed by atoms with Crippen molar-refractivity contribution >= 4 is 22.4 Å². The van der Waals surface area contributed by atoms with Crippen LogP contribution in [0.2, 0.25) is 0 Å². The van der Waals surface area contributed by atoms with Crippen molar-refractivity contribution in [1.29, 1.82) is 0 Å². The van der Waals surface area contributed by atoms with Crippen molar-refractivity contribution in [3.8, 4) is 0 Å². The van der Waals surface area contributed by atoms with Crippen LogP contribution >= 0.6 is 0 Å². The summed E-state index contributed by atoms with van der Waals surface area (Å²) in [6, 6.07) is 4.23. The van der Waals surface area contributed by atoms with Gasteiger partial charge >= 0.3 is 0 Å². The molecule has 2 bridgehead atoms. The molecule has 172 valence electrons. The first-order chi connectivity index (χ1) is 14.7. The van der Waals surface area contributed by atoms with Crippen LogP contribution in [0.25, 0.3) is 0 Å². The molecule has 1 aromatic rings. The number of piperidine rings is 3. The lowest BCUT2D eigenvalue weighted by molar-refractivity contribution is -0.152. The van der Waals surface area contributed by atoms with E-state index in [1.54, 1.807) is 0 Å². The summed E-state index contributed by atoms with van der Waals surface area (Å²) in [7, 11) is -3.29. The summed E-state index contributed by atoms with van der Waals surface area (Å²) in [4.78, 5) is 30.1. The monoisotopic (exact) mass is 452 g/mol. The van der Waals surface area contributed by atoms with Crippen LogP contribution in [0, 0.1) is 18.8 Å². The van der Waals surface area contributed by atoms with Gasteiger partial charge in [0.25, 0.3) is 6.47 Å². The van der Waals surface area contributed by atoms with Crippen molar-refractivity contribution in [2.75, 3.05) is 25.9 Å². The standard InChI is InChI=1S/C20H30N4O3S.CH2O2/c1-14-5-4-8-21-17(14)13-23-11-15-9-16(12-23)19(10-22-28(2,26)27)24-18(15)6-3-7-20(24)25;2-1-3/h4-5,8,15-16,18-19,22H,3,6-7,9-13H2,1-2H3;1H,(H,2,3)/t15-,16+,18+,19+;/m1./s1. The number of aromatic nitrogens is 1. The largest absolute Gasteiger partial charge is 0.483 e. The summed E-state index contributed by atoms with van der Waals surface area (Å²) in [5.41, 5.74) is 2.30. The predicted molar refractivity (Wildman–Crippen MR) is 116 cm³/mol. The average molecular weight is 453 g/mol. The molecule has 3 aliphatic heterocycles. The summed E-state index contributed by atoms with van der Waals surface area (Å²) in [5, 5.41) is 6.89. The number of aryl methyl sites for hydroxylation is 1. The Hall–Kier alpha value is -2.04. The van der Waals surface area contributed by atoms with Gasteiger partial charge in [-0.15, -0.1) is 0 Å². The maximum atomic E-state index is 12.7. The van der Waals surface area contributed by atoms with E-state index < -0.39 is 10.0 Å². The van der Waals surface area contributed by atoms with E-state index in [2.05, 4.69) is 27.6 Å². The molecule has 0 aliphatic carbocycles. The Morgan fingerprint density at radius 3 is 2.71 bits per heavy atom. The van der Waals surface area contributed by atoms with Crippen LogP contribution in [-0.4, -0.2) is 78.7 Å². The number of carboxylic acid groups (broad SMARTS) is 1. The molecule has 4 atom stereocenters. The van der Waals surface area contributed by atoms with Crippen LogP contribution in [-0.2, 0) is 26.2 Å². The normalized spacial score (nSPS) is 28.3. The second-order valence-electron chi connectivity index (χ2n) is 8.77. The zero-order valence-electron chi connectivity index (χ0n) is 18.1. The van der Waals surface area contributed by atoms with E-state index in [0.29, 0.717) is 18.9 Å². The number of fused-ring (bicyclic) bond motifs is 4. The van der Waals surface area contributed by atoms with E-state index in [-0.39, 0.29) is 30.4 Å². The number of hydrogen-bond acceptors (Lipinski definition) is 6. The molecule has 3 saturated heterocycles. The zero-order valence-corrected chi connectivity index (χ0v) is 18.9. The molecule has 0 aromatic carbocycles. The molecule has 0 unspecified atom stereocenters. The zero-order chi connectivity index (χ0) is 22.6. The summed E-state index contributed by atoms with van der Waals surface area (Å²) in [5.74, 6) is 0.942. The van der Waals surface area contributed by atoms with Crippen molar-refractivity contribution < 1.29 is 23.1 Å². The van der Waals surface area contributed by atoms with Gasteiger partial charge in [-0.2, -0.15) is 0 Å². The second kappa shape index (κ2) is 10.1. The van der Waals surface area contributed by atoms with E-state index in [4.69, 9.17) is 9.90 Å². The highest BCUT2D eigenvalue weighted by atomic mass is 32.2. The molecule has 0 saturated carbocycles. The van der Waals surface area contributed by atoms with E-state index >= 15 is 0 Å². The third kappa shape index (κ3) is 5.81. The number of pyridine rings is 1. The van der Waals surface area contributed by atoms with Crippen molar-refractivity contribution in [2.24, 2.45) is 11.8 Å². The summed E-state index contributed by atoms with van der Waals surface area (Å²) >= 11 is 0. The van der Waals surface area contributed by atoms with E-state index in [1.165, 1.54) is 11.8 Å². The van der Waals surface area contributed by atoms with Gasteiger partial charge in [-0.3, -0.25) is 19.5 Å². The molecule has 4 heterocycles. The molecule has 9 nitrogen and oxygen atoms in total. The number of rotatable bonds is 5. The minimum absolute atomic E-state index is 0.0589. The average Bonchev–Trinajstić information content (AvgIpc) is 2.70. The fourth-order valence-electron chi connectivity index (χ4n) is 5.40. The number of carbonyl (C=O) groups is 2. The molecule has 1 amide bonds. The highest BCUT2D eigenvalue weighted by molar-refractivity contribution is 7.88. The third-order valence-corrected chi connectivity index (χ3v) is 7.31. The van der Waals surface area contributed by atoms with Crippen LogP contribution in [0.1, 0.15) is 36.9 Å². The van der Waals surface area contributed by atoms with Gasteiger partial charge in [0.15, 0.2) is 0 Å². The Balaban J connectivity index is 0.000000858. The SMILES string of the molecule is Cc1cccnc1CN1C[C@H]2C[C@@H](C1)[C@H](CNS(C)(=O)=O)N1C(=O)CCC[C@@H]21.O=CO. The fraction of sp³-hybridized carbons (Fsp3) is 0.667. The summed E-state index contributed by atoms with van der Waals surface area (Å²) < 4.78 is 26.1. The van der Waals surface area contributed by atoms with Gasteiger partial charge in [0.2, 0.25) is 15.9 Å². The van der Waals surface area contributed by atoms with Gasteiger partial charge in [-0.05, 0) is 49.7 Å². The molecule has 0 spiro atoms. The van der Waals surface area contributed by atoms with Gasteiger partial charge in [-0.1, -0.05) is 6.07 Å². The van der Waals surface area contributed by atoms with Gasteiger partial charge in [-0.25, -0.2) is 13.1 Å².